The van der Waals surface area contributed by atoms with Gasteiger partial charge in [0.25, 0.3) is 0 Å². The molecule has 2 N–H and O–H groups in total. The minimum atomic E-state index is -4.27. The van der Waals surface area contributed by atoms with Gasteiger partial charge in [-0.25, -0.2) is 0 Å². The lowest BCUT2D eigenvalue weighted by molar-refractivity contribution is -0.230. The summed E-state index contributed by atoms with van der Waals surface area (Å²) in [6.45, 7) is 10.5. The van der Waals surface area contributed by atoms with E-state index in [-0.39, 0.29) is 11.8 Å². The first-order valence-electron chi connectivity index (χ1n) is 14.3. The van der Waals surface area contributed by atoms with Crippen LogP contribution in [0.3, 0.4) is 0 Å². The van der Waals surface area contributed by atoms with Crippen molar-refractivity contribution in [3.8, 4) is 0 Å². The van der Waals surface area contributed by atoms with Crippen molar-refractivity contribution in [3.05, 3.63) is 93.1 Å². The molecule has 0 saturated heterocycles. The number of hydrogen-bond acceptors (Lipinski definition) is 2. The second-order valence-corrected chi connectivity index (χ2v) is 12.4. The average molecular weight is 548 g/mol. The average Bonchev–Trinajstić information content (AvgIpc) is 3.73. The maximum absolute atomic E-state index is 13.6. The normalized spacial score (nSPS) is 23.2. The van der Waals surface area contributed by atoms with Crippen molar-refractivity contribution in [1.29, 1.82) is 0 Å². The Morgan fingerprint density at radius 1 is 1.12 bits per heavy atom. The third-order valence-electron chi connectivity index (χ3n) is 9.47. The van der Waals surface area contributed by atoms with Crippen LogP contribution < -0.4 is 31.5 Å². The van der Waals surface area contributed by atoms with E-state index in [1.807, 2.05) is 25.1 Å². The van der Waals surface area contributed by atoms with Crippen LogP contribution in [0, 0.1) is 29.2 Å². The smallest absolute Gasteiger partial charge is 0.394 e. The van der Waals surface area contributed by atoms with Gasteiger partial charge in [-0.3, -0.25) is 9.56 Å². The van der Waals surface area contributed by atoms with Crippen molar-refractivity contribution >= 4 is 17.5 Å². The Balaban J connectivity index is 1.64. The largest absolute Gasteiger partial charge is 0.401 e. The molecule has 212 valence electrons. The molecule has 1 fully saturated rings. The number of fused-ring (bicyclic) bond motifs is 1. The molecule has 0 spiro atoms. The minimum Gasteiger partial charge on any atom is -0.401 e. The van der Waals surface area contributed by atoms with E-state index in [0.717, 1.165) is 39.3 Å². The second kappa shape index (κ2) is 10.3. The van der Waals surface area contributed by atoms with Gasteiger partial charge in [-0.15, -0.1) is 6.08 Å². The number of nitrogens with zero attached hydrogens (tertiary/aromatic N) is 2. The molecule has 0 radical (unpaired) electrons. The number of alkyl halides is 3. The van der Waals surface area contributed by atoms with E-state index < -0.39 is 17.5 Å². The fourth-order valence-electron chi connectivity index (χ4n) is 5.79. The van der Waals surface area contributed by atoms with Crippen LogP contribution in [0.4, 0.5) is 13.2 Å². The fraction of sp³-hybridized carbons (Fsp3) is 0.441. The van der Waals surface area contributed by atoms with Crippen LogP contribution in [0.5, 0.6) is 0 Å². The van der Waals surface area contributed by atoms with E-state index in [0.29, 0.717) is 11.6 Å². The van der Waals surface area contributed by atoms with E-state index in [9.17, 15) is 13.2 Å². The highest BCUT2D eigenvalue weighted by molar-refractivity contribution is 5.88. The summed E-state index contributed by atoms with van der Waals surface area (Å²) >= 11 is 0. The first-order valence-corrected chi connectivity index (χ1v) is 14.3. The van der Waals surface area contributed by atoms with E-state index in [2.05, 4.69) is 54.9 Å². The summed E-state index contributed by atoms with van der Waals surface area (Å²) in [4.78, 5) is 4.81. The number of hydrogen-bond donors (Lipinski definition) is 1. The molecule has 2 aliphatic carbocycles. The molecular formula is C34H40F3N3. The van der Waals surface area contributed by atoms with Gasteiger partial charge in [-0.1, -0.05) is 76.6 Å². The topological polar surface area (TPSA) is 41.9 Å². The van der Waals surface area contributed by atoms with Gasteiger partial charge in [0.1, 0.15) is 11.4 Å². The van der Waals surface area contributed by atoms with Crippen LogP contribution in [0.15, 0.2) is 60.3 Å². The van der Waals surface area contributed by atoms with Crippen LogP contribution >= 0.6 is 0 Å². The molecule has 1 aromatic carbocycles. The number of benzene rings is 1. The first-order chi connectivity index (χ1) is 18.8. The molecule has 3 aliphatic rings. The van der Waals surface area contributed by atoms with Crippen molar-refractivity contribution in [3.63, 3.8) is 0 Å². The molecule has 3 atom stereocenters. The van der Waals surface area contributed by atoms with E-state index >= 15 is 0 Å². The molecule has 0 bridgehead atoms. The fourth-order valence-corrected chi connectivity index (χ4v) is 5.79. The molecular weight excluding hydrogens is 507 g/mol. The molecule has 1 aliphatic heterocycles. The Hall–Kier alpha value is -3.28. The van der Waals surface area contributed by atoms with Crippen molar-refractivity contribution in [1.82, 2.24) is 9.56 Å². The minimum absolute atomic E-state index is 0.198. The van der Waals surface area contributed by atoms with Gasteiger partial charge in [0, 0.05) is 17.3 Å². The summed E-state index contributed by atoms with van der Waals surface area (Å²) in [6, 6.07) is 11.7. The number of rotatable bonds is 5. The zero-order valence-corrected chi connectivity index (χ0v) is 24.3. The lowest BCUT2D eigenvalue weighted by atomic mass is 9.73. The van der Waals surface area contributed by atoms with Crippen LogP contribution in [0.25, 0.3) is 17.5 Å². The number of aromatic nitrogens is 1. The van der Waals surface area contributed by atoms with Crippen LogP contribution in [0.1, 0.15) is 72.3 Å². The van der Waals surface area contributed by atoms with Crippen LogP contribution in [-0.4, -0.2) is 11.2 Å². The SMILES string of the molecule is CC1=CCC=C[C-]([N+]2=c3cc(C4CC4)ccc3=C(N)C2=c2ccc(=CC(C)C(C)C(C)(C)C(F)(F)F)cn2)C1C. The molecule has 3 unspecified atom stereocenters. The molecule has 2 heterocycles. The van der Waals surface area contributed by atoms with E-state index in [4.69, 9.17) is 10.7 Å². The van der Waals surface area contributed by atoms with Crippen molar-refractivity contribution in [2.75, 3.05) is 0 Å². The van der Waals surface area contributed by atoms with Crippen molar-refractivity contribution in [2.24, 2.45) is 28.9 Å². The number of halogens is 3. The zero-order valence-electron chi connectivity index (χ0n) is 24.3. The van der Waals surface area contributed by atoms with Crippen LogP contribution in [0.2, 0.25) is 0 Å². The monoisotopic (exact) mass is 547 g/mol. The van der Waals surface area contributed by atoms with Crippen molar-refractivity contribution < 1.29 is 13.2 Å². The maximum Gasteiger partial charge on any atom is 0.394 e. The predicted molar refractivity (Wildman–Crippen MR) is 156 cm³/mol. The third kappa shape index (κ3) is 5.02. The lowest BCUT2D eigenvalue weighted by Gasteiger charge is -2.36. The summed E-state index contributed by atoms with van der Waals surface area (Å²) in [5.41, 5.74) is 9.27. The summed E-state index contributed by atoms with van der Waals surface area (Å²) < 4.78 is 43.2. The first kappa shape index (κ1) is 28.3. The summed E-state index contributed by atoms with van der Waals surface area (Å²) in [6.07, 6.45) is 9.36. The molecule has 2 aromatic rings. The van der Waals surface area contributed by atoms with Gasteiger partial charge >= 0.3 is 6.18 Å². The summed E-state index contributed by atoms with van der Waals surface area (Å²) in [5.74, 6) is -0.0685. The summed E-state index contributed by atoms with van der Waals surface area (Å²) in [7, 11) is 0. The van der Waals surface area contributed by atoms with Gasteiger partial charge in [-0.05, 0) is 66.9 Å². The second-order valence-electron chi connectivity index (χ2n) is 12.4. The quantitative estimate of drug-likeness (QED) is 0.323. The van der Waals surface area contributed by atoms with Gasteiger partial charge in [-0.2, -0.15) is 13.2 Å². The zero-order chi connectivity index (χ0) is 29.0. The number of allylic oxidation sites excluding steroid dienone is 2. The molecule has 3 nitrogen and oxygen atoms in total. The molecule has 1 saturated carbocycles. The Morgan fingerprint density at radius 3 is 2.48 bits per heavy atom. The number of nitrogens with two attached hydrogens (primary N) is 1. The van der Waals surface area contributed by atoms with Gasteiger partial charge in [0.2, 0.25) is 0 Å². The summed E-state index contributed by atoms with van der Waals surface area (Å²) in [5, 5.41) is 3.64. The maximum atomic E-state index is 13.6. The Kier molecular flexibility index (Phi) is 7.26. The highest BCUT2D eigenvalue weighted by Gasteiger charge is 2.51. The Morgan fingerprint density at radius 2 is 1.85 bits per heavy atom. The van der Waals surface area contributed by atoms with E-state index in [1.54, 1.807) is 13.1 Å². The highest BCUT2D eigenvalue weighted by Crippen LogP contribution is 2.46. The Bertz CT molecular complexity index is 1600. The molecule has 6 heteroatoms. The van der Waals surface area contributed by atoms with Gasteiger partial charge in [0.15, 0.2) is 5.70 Å². The molecule has 40 heavy (non-hydrogen) atoms. The Labute approximate surface area is 235 Å². The lowest BCUT2D eigenvalue weighted by Crippen LogP contribution is -2.40. The van der Waals surface area contributed by atoms with Gasteiger partial charge < -0.3 is 5.73 Å². The van der Waals surface area contributed by atoms with Crippen LogP contribution in [-0.2, 0) is 0 Å². The van der Waals surface area contributed by atoms with Gasteiger partial charge in [0.05, 0.1) is 16.5 Å². The molecule has 0 amide bonds. The number of pyridine rings is 1. The third-order valence-corrected chi connectivity index (χ3v) is 9.47. The van der Waals surface area contributed by atoms with Crippen molar-refractivity contribution in [2.45, 2.75) is 72.9 Å². The highest BCUT2D eigenvalue weighted by atomic mass is 19.4. The standard InChI is InChI=1S/C34H40F3N3/c1-20-9-7-8-10-29(22(20)3)40-30-18-26(25-12-13-25)14-15-27(30)31(38)32(40)28-16-11-24(19-39-28)17-21(2)23(4)33(5,6)34(35,36)37/h8-11,14-19,21-23,25H,7,12-13,38H2,1-6H3. The predicted octanol–water partition coefficient (Wildman–Crippen LogP) is 5.05. The van der Waals surface area contributed by atoms with E-state index in [1.165, 1.54) is 37.8 Å². The molecule has 1 aromatic heterocycles. The molecule has 5 rings (SSSR count).